The Bertz CT molecular complexity index is 843. The Kier molecular flexibility index (Phi) is 5.97. The Labute approximate surface area is 157 Å². The molecule has 1 unspecified atom stereocenters. The largest absolute Gasteiger partial charge is 0.328 e. The first kappa shape index (κ1) is 19.8. The number of benzene rings is 2. The molecule has 0 aliphatic heterocycles. The molecule has 0 aliphatic carbocycles. The lowest BCUT2D eigenvalue weighted by Gasteiger charge is -2.28. The summed E-state index contributed by atoms with van der Waals surface area (Å²) in [6.45, 7) is 5.69. The molecule has 2 aromatic rings. The fourth-order valence-corrected chi connectivity index (χ4v) is 3.80. The van der Waals surface area contributed by atoms with Crippen LogP contribution in [0.3, 0.4) is 0 Å². The average molecular weight is 372 g/mol. The van der Waals surface area contributed by atoms with E-state index in [2.05, 4.69) is 0 Å². The van der Waals surface area contributed by atoms with E-state index in [-0.39, 0.29) is 6.03 Å². The minimum Gasteiger partial charge on any atom is -0.298 e. The Morgan fingerprint density at radius 3 is 2.00 bits per heavy atom. The third-order valence-electron chi connectivity index (χ3n) is 3.98. The molecule has 0 heterocycles. The van der Waals surface area contributed by atoms with Crippen molar-refractivity contribution < 1.29 is 13.8 Å². The first-order valence-corrected chi connectivity index (χ1v) is 9.40. The molecule has 2 rings (SSSR count). The normalized spacial score (nSPS) is 12.3. The summed E-state index contributed by atoms with van der Waals surface area (Å²) in [5.41, 5.74) is 1.54. The van der Waals surface area contributed by atoms with Crippen LogP contribution in [0, 0.1) is 0 Å². The Morgan fingerprint density at radius 1 is 0.923 bits per heavy atom. The molecular weight excluding hydrogens is 348 g/mol. The monoisotopic (exact) mass is 372 g/mol. The molecule has 5 nitrogen and oxygen atoms in total. The number of anilines is 2. The molecule has 1 atom stereocenters. The van der Waals surface area contributed by atoms with E-state index in [0.29, 0.717) is 21.8 Å². The van der Waals surface area contributed by atoms with E-state index in [1.165, 1.54) is 9.80 Å². The lowest BCUT2D eigenvalue weighted by Crippen LogP contribution is -2.40. The van der Waals surface area contributed by atoms with Crippen molar-refractivity contribution in [3.05, 3.63) is 54.1 Å². The zero-order chi connectivity index (χ0) is 19.5. The van der Waals surface area contributed by atoms with Crippen LogP contribution >= 0.6 is 0 Å². The van der Waals surface area contributed by atoms with E-state index < -0.39 is 15.5 Å². The molecule has 0 bridgehead atoms. The molecule has 2 aromatic carbocycles. The van der Waals surface area contributed by atoms with Crippen LogP contribution in [-0.4, -0.2) is 35.4 Å². The second-order valence-corrected chi connectivity index (χ2v) is 9.13. The summed E-state index contributed by atoms with van der Waals surface area (Å²) in [6.07, 6.45) is 0.724. The Balaban J connectivity index is 2.40. The molecule has 0 radical (unpaired) electrons. The van der Waals surface area contributed by atoms with Crippen molar-refractivity contribution in [2.45, 2.75) is 30.4 Å². The number of hydrogen-bond acceptors (Lipinski definition) is 3. The highest BCUT2D eigenvalue weighted by Gasteiger charge is 2.27. The highest BCUT2D eigenvalue weighted by molar-refractivity contribution is 7.86. The number of carbonyl (C=O) groups excluding carboxylic acids is 2. The van der Waals surface area contributed by atoms with Crippen molar-refractivity contribution in [2.24, 2.45) is 0 Å². The molecule has 0 aromatic heterocycles. The third-order valence-corrected chi connectivity index (χ3v) is 5.84. The number of aldehydes is 1. The number of carbonyl (C=O) groups is 2. The standard InChI is InChI=1S/C20H24N2O3S/c1-20(2,3)26(25)18-13-9-8-12-17(18)22(5)19(24)21(4)16-11-7-6-10-15(16)14-23/h6-14H,1-5H3. The molecule has 2 amide bonds. The van der Waals surface area contributed by atoms with Gasteiger partial charge in [0.05, 0.1) is 27.1 Å². The van der Waals surface area contributed by atoms with E-state index in [0.717, 1.165) is 6.29 Å². The van der Waals surface area contributed by atoms with Crippen LogP contribution in [0.5, 0.6) is 0 Å². The zero-order valence-electron chi connectivity index (χ0n) is 15.7. The van der Waals surface area contributed by atoms with Crippen LogP contribution < -0.4 is 9.80 Å². The van der Waals surface area contributed by atoms with Crippen molar-refractivity contribution in [1.29, 1.82) is 0 Å². The first-order valence-electron chi connectivity index (χ1n) is 8.25. The summed E-state index contributed by atoms with van der Waals surface area (Å²) < 4.78 is 12.4. The van der Waals surface area contributed by atoms with E-state index in [4.69, 9.17) is 0 Å². The lowest BCUT2D eigenvalue weighted by molar-refractivity contribution is 0.112. The summed E-state index contributed by atoms with van der Waals surface area (Å²) >= 11 is 0. The van der Waals surface area contributed by atoms with Gasteiger partial charge < -0.3 is 0 Å². The van der Waals surface area contributed by atoms with Crippen LogP contribution in [0.1, 0.15) is 31.1 Å². The van der Waals surface area contributed by atoms with Gasteiger partial charge in [-0.15, -0.1) is 0 Å². The molecule has 138 valence electrons. The molecular formula is C20H24N2O3S. The van der Waals surface area contributed by atoms with Gasteiger partial charge in [-0.2, -0.15) is 0 Å². The molecule has 6 heteroatoms. The highest BCUT2D eigenvalue weighted by Crippen LogP contribution is 2.30. The van der Waals surface area contributed by atoms with Gasteiger partial charge in [-0.25, -0.2) is 4.79 Å². The SMILES string of the molecule is CN(C(=O)N(C)c1ccccc1S(=O)C(C)(C)C)c1ccccc1C=O. The van der Waals surface area contributed by atoms with Crippen LogP contribution in [0.2, 0.25) is 0 Å². The average Bonchev–Trinajstić information content (AvgIpc) is 2.64. The van der Waals surface area contributed by atoms with Crippen molar-refractivity contribution >= 4 is 34.5 Å². The maximum atomic E-state index is 13.0. The third kappa shape index (κ3) is 4.02. The van der Waals surface area contributed by atoms with Crippen molar-refractivity contribution in [1.82, 2.24) is 0 Å². The predicted molar refractivity (Wildman–Crippen MR) is 107 cm³/mol. The second kappa shape index (κ2) is 7.83. The highest BCUT2D eigenvalue weighted by atomic mass is 32.2. The number of rotatable bonds is 4. The van der Waals surface area contributed by atoms with E-state index in [1.54, 1.807) is 50.5 Å². The number of hydrogen-bond donors (Lipinski definition) is 0. The Hall–Kier alpha value is -2.47. The molecule has 0 spiro atoms. The smallest absolute Gasteiger partial charge is 0.298 e. The molecule has 0 aliphatic rings. The fourth-order valence-electron chi connectivity index (χ4n) is 2.54. The van der Waals surface area contributed by atoms with Crippen LogP contribution in [0.15, 0.2) is 53.4 Å². The summed E-state index contributed by atoms with van der Waals surface area (Å²) in [6, 6.07) is 13.7. The Morgan fingerprint density at radius 2 is 1.42 bits per heavy atom. The molecule has 26 heavy (non-hydrogen) atoms. The minimum absolute atomic E-state index is 0.322. The number of para-hydroxylation sites is 2. The van der Waals surface area contributed by atoms with Gasteiger partial charge >= 0.3 is 6.03 Å². The van der Waals surface area contributed by atoms with Gasteiger partial charge in [0.25, 0.3) is 0 Å². The van der Waals surface area contributed by atoms with Gasteiger partial charge in [0.15, 0.2) is 6.29 Å². The van der Waals surface area contributed by atoms with Crippen LogP contribution in [0.4, 0.5) is 16.2 Å². The van der Waals surface area contributed by atoms with Crippen LogP contribution in [0.25, 0.3) is 0 Å². The molecule has 0 saturated heterocycles. The van der Waals surface area contributed by atoms with Gasteiger partial charge in [0.2, 0.25) is 0 Å². The maximum Gasteiger partial charge on any atom is 0.328 e. The van der Waals surface area contributed by atoms with E-state index in [9.17, 15) is 13.8 Å². The van der Waals surface area contributed by atoms with Crippen molar-refractivity contribution in [3.63, 3.8) is 0 Å². The lowest BCUT2D eigenvalue weighted by atomic mass is 10.2. The summed E-state index contributed by atoms with van der Waals surface area (Å²) in [7, 11) is 1.97. The summed E-state index contributed by atoms with van der Waals surface area (Å²) in [4.78, 5) is 27.7. The second-order valence-electron chi connectivity index (χ2n) is 6.93. The predicted octanol–water partition coefficient (Wildman–Crippen LogP) is 4.10. The number of nitrogens with zero attached hydrogens (tertiary/aromatic N) is 2. The van der Waals surface area contributed by atoms with E-state index >= 15 is 0 Å². The molecule has 0 N–H and O–H groups in total. The molecule has 0 saturated carbocycles. The maximum absolute atomic E-state index is 13.0. The van der Waals surface area contributed by atoms with Crippen molar-refractivity contribution in [2.75, 3.05) is 23.9 Å². The van der Waals surface area contributed by atoms with Gasteiger partial charge in [-0.3, -0.25) is 18.8 Å². The minimum atomic E-state index is -1.28. The van der Waals surface area contributed by atoms with Gasteiger partial charge in [0, 0.05) is 24.4 Å². The summed E-state index contributed by atoms with van der Waals surface area (Å²) in [5, 5.41) is 0. The summed E-state index contributed by atoms with van der Waals surface area (Å²) in [5.74, 6) is 0. The van der Waals surface area contributed by atoms with Gasteiger partial charge in [-0.05, 0) is 45.0 Å². The quantitative estimate of drug-likeness (QED) is 0.759. The topological polar surface area (TPSA) is 57.7 Å². The zero-order valence-corrected chi connectivity index (χ0v) is 16.5. The number of urea groups is 1. The van der Waals surface area contributed by atoms with Gasteiger partial charge in [-0.1, -0.05) is 24.3 Å². The first-order chi connectivity index (χ1) is 12.2. The number of amides is 2. The molecule has 0 fully saturated rings. The van der Waals surface area contributed by atoms with E-state index in [1.807, 2.05) is 32.9 Å². The van der Waals surface area contributed by atoms with Gasteiger partial charge in [0.1, 0.15) is 0 Å². The fraction of sp³-hybridized carbons (Fsp3) is 0.300. The van der Waals surface area contributed by atoms with Crippen LogP contribution in [-0.2, 0) is 10.8 Å². The van der Waals surface area contributed by atoms with Crippen molar-refractivity contribution in [3.8, 4) is 0 Å².